The molecule has 0 radical (unpaired) electrons. The van der Waals surface area contributed by atoms with Gasteiger partial charge in [0.15, 0.2) is 0 Å². The second-order valence-corrected chi connectivity index (χ2v) is 4.28. The number of rotatable bonds is 5. The minimum Gasteiger partial charge on any atom is -0.497 e. The van der Waals surface area contributed by atoms with Crippen molar-refractivity contribution in [3.8, 4) is 11.5 Å². The quantitative estimate of drug-likeness (QED) is 0.619. The molecule has 0 fully saturated rings. The molecule has 0 N–H and O–H groups in total. The molecule has 2 aromatic carbocycles. The van der Waals surface area contributed by atoms with Gasteiger partial charge in [-0.1, -0.05) is 12.1 Å². The molecule has 0 atom stereocenters. The number of aryl methyl sites for hydroxylation is 1. The largest absolute Gasteiger partial charge is 0.497 e. The summed E-state index contributed by atoms with van der Waals surface area (Å²) in [6.45, 7) is 0. The molecule has 0 aliphatic carbocycles. The molecule has 0 aromatic heterocycles. The van der Waals surface area contributed by atoms with Crippen molar-refractivity contribution < 1.29 is 18.7 Å². The van der Waals surface area contributed by atoms with Gasteiger partial charge in [0.05, 0.1) is 7.11 Å². The zero-order chi connectivity index (χ0) is 14.4. The highest BCUT2D eigenvalue weighted by molar-refractivity contribution is 5.72. The Balaban J connectivity index is 1.83. The fourth-order valence-electron chi connectivity index (χ4n) is 1.72. The van der Waals surface area contributed by atoms with E-state index in [0.717, 1.165) is 11.3 Å². The molecule has 0 amide bonds. The predicted octanol–water partition coefficient (Wildman–Crippen LogP) is 3.37. The Labute approximate surface area is 117 Å². The van der Waals surface area contributed by atoms with Gasteiger partial charge in [-0.05, 0) is 48.4 Å². The van der Waals surface area contributed by atoms with Crippen LogP contribution < -0.4 is 9.47 Å². The first-order valence-corrected chi connectivity index (χ1v) is 6.26. The van der Waals surface area contributed by atoms with Crippen LogP contribution in [-0.2, 0) is 11.2 Å². The lowest BCUT2D eigenvalue weighted by Gasteiger charge is -2.05. The van der Waals surface area contributed by atoms with Gasteiger partial charge < -0.3 is 9.47 Å². The topological polar surface area (TPSA) is 35.5 Å². The van der Waals surface area contributed by atoms with Crippen molar-refractivity contribution >= 4 is 5.97 Å². The molecular weight excluding hydrogens is 259 g/mol. The maximum absolute atomic E-state index is 12.7. The van der Waals surface area contributed by atoms with Gasteiger partial charge in [0.25, 0.3) is 0 Å². The van der Waals surface area contributed by atoms with Crippen LogP contribution in [0.25, 0.3) is 0 Å². The van der Waals surface area contributed by atoms with Crippen molar-refractivity contribution in [1.82, 2.24) is 0 Å². The summed E-state index contributed by atoms with van der Waals surface area (Å²) in [5.74, 6) is 0.434. The third-order valence-electron chi connectivity index (χ3n) is 2.82. The van der Waals surface area contributed by atoms with E-state index < -0.39 is 0 Å². The lowest BCUT2D eigenvalue weighted by molar-refractivity contribution is -0.134. The number of esters is 1. The summed E-state index contributed by atoms with van der Waals surface area (Å²) >= 11 is 0. The number of carbonyl (C=O) groups is 1. The molecular formula is C16H15FO3. The first-order valence-electron chi connectivity index (χ1n) is 6.26. The van der Waals surface area contributed by atoms with E-state index in [9.17, 15) is 9.18 Å². The lowest BCUT2D eigenvalue weighted by Crippen LogP contribution is -2.09. The second kappa shape index (κ2) is 6.70. The predicted molar refractivity (Wildman–Crippen MR) is 73.4 cm³/mol. The van der Waals surface area contributed by atoms with E-state index in [0.29, 0.717) is 12.2 Å². The standard InChI is InChI=1S/C16H15FO3/c1-19-14-7-2-12(3-8-14)4-11-16(18)20-15-9-5-13(17)6-10-15/h2-3,5-10H,4,11H2,1H3. The highest BCUT2D eigenvalue weighted by atomic mass is 19.1. The van der Waals surface area contributed by atoms with Gasteiger partial charge in [0.2, 0.25) is 0 Å². The van der Waals surface area contributed by atoms with Gasteiger partial charge in [-0.15, -0.1) is 0 Å². The molecule has 4 heteroatoms. The molecule has 0 heterocycles. The third kappa shape index (κ3) is 4.09. The maximum Gasteiger partial charge on any atom is 0.311 e. The molecule has 2 aromatic rings. The molecule has 0 saturated heterocycles. The van der Waals surface area contributed by atoms with Gasteiger partial charge in [-0.2, -0.15) is 0 Å². The number of carbonyl (C=O) groups excluding carboxylic acids is 1. The summed E-state index contributed by atoms with van der Waals surface area (Å²) in [7, 11) is 1.61. The summed E-state index contributed by atoms with van der Waals surface area (Å²) in [4.78, 5) is 11.7. The van der Waals surface area contributed by atoms with Crippen LogP contribution in [0.4, 0.5) is 4.39 Å². The van der Waals surface area contributed by atoms with Crippen LogP contribution in [0.2, 0.25) is 0 Å². The van der Waals surface area contributed by atoms with Crippen molar-refractivity contribution in [3.05, 3.63) is 59.9 Å². The molecule has 0 unspecified atom stereocenters. The first kappa shape index (κ1) is 14.1. The molecule has 0 saturated carbocycles. The van der Waals surface area contributed by atoms with Crippen LogP contribution >= 0.6 is 0 Å². The highest BCUT2D eigenvalue weighted by Gasteiger charge is 2.06. The van der Waals surface area contributed by atoms with Gasteiger partial charge in [-0.3, -0.25) is 4.79 Å². The minimum atomic E-state index is -0.358. The number of hydrogen-bond donors (Lipinski definition) is 0. The van der Waals surface area contributed by atoms with Crippen LogP contribution in [0.5, 0.6) is 11.5 Å². The lowest BCUT2D eigenvalue weighted by atomic mass is 10.1. The Morgan fingerprint density at radius 1 is 1.00 bits per heavy atom. The molecule has 0 spiro atoms. The molecule has 0 aliphatic rings. The van der Waals surface area contributed by atoms with E-state index in [4.69, 9.17) is 9.47 Å². The molecule has 0 bridgehead atoms. The smallest absolute Gasteiger partial charge is 0.311 e. The van der Waals surface area contributed by atoms with Crippen LogP contribution in [0, 0.1) is 5.82 Å². The van der Waals surface area contributed by atoms with Crippen LogP contribution in [0.1, 0.15) is 12.0 Å². The molecule has 3 nitrogen and oxygen atoms in total. The van der Waals surface area contributed by atoms with Crippen molar-refractivity contribution in [2.24, 2.45) is 0 Å². The van der Waals surface area contributed by atoms with Gasteiger partial charge in [0.1, 0.15) is 17.3 Å². The zero-order valence-electron chi connectivity index (χ0n) is 11.1. The summed E-state index contributed by atoms with van der Waals surface area (Å²) < 4.78 is 22.9. The summed E-state index contributed by atoms with van der Waals surface area (Å²) in [6, 6.07) is 12.9. The summed E-state index contributed by atoms with van der Waals surface area (Å²) in [6.07, 6.45) is 0.855. The first-order chi connectivity index (χ1) is 9.67. The van der Waals surface area contributed by atoms with Crippen LogP contribution in [0.15, 0.2) is 48.5 Å². The summed E-state index contributed by atoms with van der Waals surface area (Å²) in [5.41, 5.74) is 1.03. The van der Waals surface area contributed by atoms with Gasteiger partial charge >= 0.3 is 5.97 Å². The van der Waals surface area contributed by atoms with E-state index in [1.807, 2.05) is 24.3 Å². The Morgan fingerprint density at radius 2 is 1.60 bits per heavy atom. The van der Waals surface area contributed by atoms with E-state index >= 15 is 0 Å². The number of halogens is 1. The molecule has 2 rings (SSSR count). The number of ether oxygens (including phenoxy) is 2. The highest BCUT2D eigenvalue weighted by Crippen LogP contribution is 2.14. The fourth-order valence-corrected chi connectivity index (χ4v) is 1.72. The van der Waals surface area contributed by atoms with E-state index in [1.165, 1.54) is 24.3 Å². The Bertz CT molecular complexity index is 561. The second-order valence-electron chi connectivity index (χ2n) is 4.28. The summed E-state index contributed by atoms with van der Waals surface area (Å²) in [5, 5.41) is 0. The van der Waals surface area contributed by atoms with E-state index in [2.05, 4.69) is 0 Å². The Morgan fingerprint density at radius 3 is 2.20 bits per heavy atom. The fraction of sp³-hybridized carbons (Fsp3) is 0.188. The third-order valence-corrected chi connectivity index (χ3v) is 2.82. The number of benzene rings is 2. The number of methoxy groups -OCH3 is 1. The molecule has 20 heavy (non-hydrogen) atoms. The monoisotopic (exact) mass is 274 g/mol. The van der Waals surface area contributed by atoms with Crippen molar-refractivity contribution in [3.63, 3.8) is 0 Å². The average Bonchev–Trinajstić information content (AvgIpc) is 2.48. The number of hydrogen-bond acceptors (Lipinski definition) is 3. The van der Waals surface area contributed by atoms with E-state index in [1.54, 1.807) is 7.11 Å². The van der Waals surface area contributed by atoms with Crippen LogP contribution in [0.3, 0.4) is 0 Å². The van der Waals surface area contributed by atoms with Gasteiger partial charge in [0, 0.05) is 6.42 Å². The van der Waals surface area contributed by atoms with Crippen molar-refractivity contribution in [2.45, 2.75) is 12.8 Å². The Hall–Kier alpha value is -2.36. The van der Waals surface area contributed by atoms with Crippen molar-refractivity contribution in [1.29, 1.82) is 0 Å². The molecule has 104 valence electrons. The van der Waals surface area contributed by atoms with Gasteiger partial charge in [-0.25, -0.2) is 4.39 Å². The molecule has 0 aliphatic heterocycles. The van der Waals surface area contributed by atoms with Crippen LogP contribution in [-0.4, -0.2) is 13.1 Å². The Kier molecular flexibility index (Phi) is 4.71. The van der Waals surface area contributed by atoms with Crippen molar-refractivity contribution in [2.75, 3.05) is 7.11 Å². The maximum atomic E-state index is 12.7. The minimum absolute atomic E-state index is 0.268. The average molecular weight is 274 g/mol. The normalized spacial score (nSPS) is 10.1. The zero-order valence-corrected chi connectivity index (χ0v) is 11.1. The SMILES string of the molecule is COc1ccc(CCC(=O)Oc2ccc(F)cc2)cc1. The van der Waals surface area contributed by atoms with E-state index in [-0.39, 0.29) is 18.2 Å².